The van der Waals surface area contributed by atoms with Gasteiger partial charge in [0.1, 0.15) is 0 Å². The van der Waals surface area contributed by atoms with Crippen molar-refractivity contribution < 1.29 is 18.3 Å². The third-order valence-corrected chi connectivity index (χ3v) is 4.03. The van der Waals surface area contributed by atoms with Crippen LogP contribution in [0.3, 0.4) is 0 Å². The minimum atomic E-state index is -2.98. The fourth-order valence-electron chi connectivity index (χ4n) is 2.53. The van der Waals surface area contributed by atoms with E-state index in [0.717, 1.165) is 12.7 Å². The number of nitrogens with zero attached hydrogens (tertiary/aromatic N) is 2. The second-order valence-corrected chi connectivity index (χ2v) is 5.93. The molecule has 6 heteroatoms. The summed E-state index contributed by atoms with van der Waals surface area (Å²) < 4.78 is 32.3. The number of alkyl halides is 2. The minimum Gasteiger partial charge on any atom is -0.467 e. The predicted molar refractivity (Wildman–Crippen MR) is 103 cm³/mol. The Hall–Kier alpha value is -2.89. The van der Waals surface area contributed by atoms with Crippen LogP contribution >= 0.6 is 0 Å². The number of hydrogen-bond donors (Lipinski definition) is 0. The predicted octanol–water partition coefficient (Wildman–Crippen LogP) is 4.18. The third kappa shape index (κ3) is 5.81. The van der Waals surface area contributed by atoms with Crippen LogP contribution in [0, 0.1) is 0 Å². The van der Waals surface area contributed by atoms with E-state index in [1.807, 2.05) is 36.4 Å². The van der Waals surface area contributed by atoms with Crippen molar-refractivity contribution in [3.05, 3.63) is 71.8 Å². The highest BCUT2D eigenvalue weighted by Crippen LogP contribution is 2.28. The van der Waals surface area contributed by atoms with E-state index < -0.39 is 17.9 Å². The van der Waals surface area contributed by atoms with Crippen molar-refractivity contribution in [1.29, 1.82) is 0 Å². The quantitative estimate of drug-likeness (QED) is 0.377. The molecule has 1 unspecified atom stereocenters. The van der Waals surface area contributed by atoms with Gasteiger partial charge in [-0.3, -0.25) is 9.98 Å². The number of carbonyl (C=O) groups excluding carboxylic acids is 1. The van der Waals surface area contributed by atoms with Crippen LogP contribution in [-0.4, -0.2) is 44.0 Å². The van der Waals surface area contributed by atoms with Crippen molar-refractivity contribution in [2.75, 3.05) is 13.7 Å². The molecule has 0 spiro atoms. The normalized spacial score (nSPS) is 13.9. The Labute approximate surface area is 157 Å². The van der Waals surface area contributed by atoms with Crippen LogP contribution in [0.2, 0.25) is 0 Å². The summed E-state index contributed by atoms with van der Waals surface area (Å²) in [7, 11) is 1.09. The van der Waals surface area contributed by atoms with E-state index in [2.05, 4.69) is 14.7 Å². The molecule has 0 fully saturated rings. The first kappa shape index (κ1) is 20.4. The molecule has 0 saturated carbocycles. The van der Waals surface area contributed by atoms with Crippen molar-refractivity contribution in [3.63, 3.8) is 0 Å². The summed E-state index contributed by atoms with van der Waals surface area (Å²) in [6, 6.07) is 18.2. The summed E-state index contributed by atoms with van der Waals surface area (Å²) in [4.78, 5) is 20.3. The summed E-state index contributed by atoms with van der Waals surface area (Å²) in [6.07, 6.45) is 0.0935. The van der Waals surface area contributed by atoms with Crippen molar-refractivity contribution in [2.24, 2.45) is 9.98 Å². The summed E-state index contributed by atoms with van der Waals surface area (Å²) in [6.45, 7) is 0.307. The first-order valence-corrected chi connectivity index (χ1v) is 8.60. The molecule has 2 aromatic rings. The van der Waals surface area contributed by atoms with Crippen LogP contribution < -0.4 is 0 Å². The molecule has 0 bridgehead atoms. The number of ether oxygens (including phenoxy) is 1. The molecule has 0 aliphatic heterocycles. The Kier molecular flexibility index (Phi) is 7.79. The number of carbonyl (C=O) groups is 1. The molecule has 142 valence electrons. The average molecular weight is 372 g/mol. The number of aliphatic imine (C=N–C) groups is 2. The lowest BCUT2D eigenvalue weighted by Gasteiger charge is -2.25. The summed E-state index contributed by atoms with van der Waals surface area (Å²) >= 11 is 0. The van der Waals surface area contributed by atoms with Gasteiger partial charge in [-0.05, 0) is 24.0 Å². The molecule has 0 saturated heterocycles. The van der Waals surface area contributed by atoms with E-state index in [1.165, 1.54) is 6.21 Å². The van der Waals surface area contributed by atoms with Gasteiger partial charge < -0.3 is 4.74 Å². The van der Waals surface area contributed by atoms with E-state index >= 15 is 0 Å². The van der Waals surface area contributed by atoms with E-state index in [1.54, 1.807) is 30.5 Å². The molecule has 0 aliphatic carbocycles. The molecule has 0 amide bonds. The van der Waals surface area contributed by atoms with Gasteiger partial charge in [-0.1, -0.05) is 60.7 Å². The number of esters is 1. The smallest absolute Gasteiger partial charge is 0.339 e. The molecule has 0 aliphatic rings. The lowest BCUT2D eigenvalue weighted by Crippen LogP contribution is -2.45. The highest BCUT2D eigenvalue weighted by atomic mass is 19.3. The number of methoxy groups -OCH3 is 1. The number of rotatable bonds is 9. The molecular weight excluding hydrogens is 350 g/mol. The molecule has 1 atom stereocenters. The first-order chi connectivity index (χ1) is 13.1. The fourth-order valence-corrected chi connectivity index (χ4v) is 2.53. The van der Waals surface area contributed by atoms with Crippen LogP contribution in [0.15, 0.2) is 70.6 Å². The first-order valence-electron chi connectivity index (χ1n) is 8.60. The lowest BCUT2D eigenvalue weighted by molar-refractivity contribution is -0.153. The van der Waals surface area contributed by atoms with Crippen LogP contribution in [-0.2, 0) is 9.53 Å². The zero-order chi connectivity index (χ0) is 19.5. The Morgan fingerprint density at radius 2 is 1.59 bits per heavy atom. The Bertz CT molecular complexity index is 764. The van der Waals surface area contributed by atoms with Gasteiger partial charge in [0, 0.05) is 19.0 Å². The van der Waals surface area contributed by atoms with Crippen LogP contribution in [0.1, 0.15) is 24.0 Å². The van der Waals surface area contributed by atoms with Crippen molar-refractivity contribution in [3.8, 4) is 0 Å². The monoisotopic (exact) mass is 372 g/mol. The minimum absolute atomic E-state index is 0.160. The second kappa shape index (κ2) is 10.3. The van der Waals surface area contributed by atoms with Gasteiger partial charge in [-0.2, -0.15) is 0 Å². The van der Waals surface area contributed by atoms with Crippen LogP contribution in [0.25, 0.3) is 0 Å². The molecule has 0 heterocycles. The van der Waals surface area contributed by atoms with Gasteiger partial charge in [-0.25, -0.2) is 13.6 Å². The summed E-state index contributed by atoms with van der Waals surface area (Å²) in [5.74, 6) is -1.04. The van der Waals surface area contributed by atoms with Gasteiger partial charge in [-0.15, -0.1) is 0 Å². The van der Waals surface area contributed by atoms with E-state index in [9.17, 15) is 13.6 Å². The molecule has 2 rings (SSSR count). The SMILES string of the molecule is COC(=O)C(CCCN=Cc1ccccc1)(N=Cc1ccccc1)C(F)F. The molecule has 2 aromatic carbocycles. The topological polar surface area (TPSA) is 51.0 Å². The Balaban J connectivity index is 2.08. The molecule has 4 nitrogen and oxygen atoms in total. The van der Waals surface area contributed by atoms with E-state index in [4.69, 9.17) is 0 Å². The van der Waals surface area contributed by atoms with Crippen molar-refractivity contribution in [2.45, 2.75) is 24.8 Å². The molecule has 27 heavy (non-hydrogen) atoms. The zero-order valence-corrected chi connectivity index (χ0v) is 15.1. The van der Waals surface area contributed by atoms with Crippen LogP contribution in [0.5, 0.6) is 0 Å². The maximum absolute atomic E-state index is 13.8. The van der Waals surface area contributed by atoms with E-state index in [0.29, 0.717) is 12.1 Å². The standard InChI is InChI=1S/C21H22F2N2O2/c1-27-20(26)21(19(22)23,25-16-18-11-6-3-7-12-18)13-8-14-24-15-17-9-4-2-5-10-17/h2-7,9-12,15-16,19H,8,13-14H2,1H3. The highest BCUT2D eigenvalue weighted by molar-refractivity contribution is 5.87. The van der Waals surface area contributed by atoms with Crippen molar-refractivity contribution in [1.82, 2.24) is 0 Å². The summed E-state index contributed by atoms with van der Waals surface area (Å²) in [5, 5.41) is 0. The average Bonchev–Trinajstić information content (AvgIpc) is 2.71. The zero-order valence-electron chi connectivity index (χ0n) is 15.1. The van der Waals surface area contributed by atoms with Crippen LogP contribution in [0.4, 0.5) is 8.78 Å². The largest absolute Gasteiger partial charge is 0.467 e. The molecule has 0 aromatic heterocycles. The summed E-state index contributed by atoms with van der Waals surface area (Å²) in [5.41, 5.74) is -0.673. The van der Waals surface area contributed by atoms with Gasteiger partial charge in [0.15, 0.2) is 0 Å². The third-order valence-electron chi connectivity index (χ3n) is 4.03. The van der Waals surface area contributed by atoms with Crippen molar-refractivity contribution >= 4 is 18.4 Å². The van der Waals surface area contributed by atoms with Gasteiger partial charge in [0.25, 0.3) is 6.43 Å². The molecule has 0 radical (unpaired) electrons. The van der Waals surface area contributed by atoms with Gasteiger partial charge >= 0.3 is 5.97 Å². The molecular formula is C21H22F2N2O2. The second-order valence-electron chi connectivity index (χ2n) is 5.93. The maximum atomic E-state index is 13.8. The fraction of sp³-hybridized carbons (Fsp3) is 0.286. The Morgan fingerprint density at radius 1 is 1.04 bits per heavy atom. The maximum Gasteiger partial charge on any atom is 0.339 e. The van der Waals surface area contributed by atoms with Gasteiger partial charge in [0.2, 0.25) is 5.54 Å². The van der Waals surface area contributed by atoms with Gasteiger partial charge in [0.05, 0.1) is 7.11 Å². The lowest BCUT2D eigenvalue weighted by atomic mass is 9.94. The van der Waals surface area contributed by atoms with E-state index in [-0.39, 0.29) is 12.8 Å². The number of benzene rings is 2. The Morgan fingerprint density at radius 3 is 2.11 bits per heavy atom. The number of hydrogen-bond acceptors (Lipinski definition) is 4. The number of halogens is 2. The highest BCUT2D eigenvalue weighted by Gasteiger charge is 2.47. The molecule has 0 N–H and O–H groups in total.